The molecule has 0 aromatic carbocycles. The van der Waals surface area contributed by atoms with E-state index in [0.29, 0.717) is 6.42 Å². The van der Waals surface area contributed by atoms with Crippen molar-refractivity contribution in [3.63, 3.8) is 0 Å². The van der Waals surface area contributed by atoms with Crippen LogP contribution in [0.2, 0.25) is 0 Å². The molecule has 0 amide bonds. The van der Waals surface area contributed by atoms with E-state index >= 15 is 0 Å². The van der Waals surface area contributed by atoms with Gasteiger partial charge >= 0.3 is 6.18 Å². The highest BCUT2D eigenvalue weighted by atomic mass is 32.1. The summed E-state index contributed by atoms with van der Waals surface area (Å²) in [6.45, 7) is 4.74. The van der Waals surface area contributed by atoms with E-state index in [1.807, 2.05) is 25.3 Å². The molecule has 0 aliphatic rings. The van der Waals surface area contributed by atoms with Crippen molar-refractivity contribution in [3.8, 4) is 0 Å². The van der Waals surface area contributed by atoms with Gasteiger partial charge in [-0.1, -0.05) is 6.92 Å². The standard InChI is InChI=1S/C12H18F3NS/c1-3-16-10(5-4-7-12(13,14)15)11-9(2)6-8-17-11/h6,8,10,16H,3-5,7H2,1-2H3. The third-order valence-corrected chi connectivity index (χ3v) is 3.75. The summed E-state index contributed by atoms with van der Waals surface area (Å²) in [5, 5.41) is 5.24. The number of rotatable bonds is 6. The van der Waals surface area contributed by atoms with Crippen molar-refractivity contribution in [3.05, 3.63) is 21.9 Å². The van der Waals surface area contributed by atoms with Crippen LogP contribution >= 0.6 is 11.3 Å². The van der Waals surface area contributed by atoms with Crippen LogP contribution < -0.4 is 5.32 Å². The van der Waals surface area contributed by atoms with Crippen molar-refractivity contribution >= 4 is 11.3 Å². The zero-order chi connectivity index (χ0) is 12.9. The largest absolute Gasteiger partial charge is 0.389 e. The Kier molecular flexibility index (Phi) is 5.46. The van der Waals surface area contributed by atoms with E-state index in [-0.39, 0.29) is 12.5 Å². The molecular weight excluding hydrogens is 247 g/mol. The Balaban J connectivity index is 2.53. The SMILES string of the molecule is CCNC(CCCC(F)(F)F)c1sccc1C. The summed E-state index contributed by atoms with van der Waals surface area (Å²) in [4.78, 5) is 1.16. The average molecular weight is 265 g/mol. The maximum Gasteiger partial charge on any atom is 0.389 e. The third-order valence-electron chi connectivity index (χ3n) is 2.62. The molecule has 0 aliphatic carbocycles. The quantitative estimate of drug-likeness (QED) is 0.801. The van der Waals surface area contributed by atoms with Crippen LogP contribution in [0.15, 0.2) is 11.4 Å². The van der Waals surface area contributed by atoms with E-state index in [0.717, 1.165) is 17.0 Å². The van der Waals surface area contributed by atoms with E-state index in [1.54, 1.807) is 11.3 Å². The van der Waals surface area contributed by atoms with Gasteiger partial charge in [-0.2, -0.15) is 13.2 Å². The maximum atomic E-state index is 12.1. The van der Waals surface area contributed by atoms with Gasteiger partial charge in [-0.25, -0.2) is 0 Å². The van der Waals surface area contributed by atoms with Gasteiger partial charge in [0, 0.05) is 17.3 Å². The first-order chi connectivity index (χ1) is 7.94. The normalized spacial score (nSPS) is 13.9. The van der Waals surface area contributed by atoms with Crippen LogP contribution in [0.4, 0.5) is 13.2 Å². The topological polar surface area (TPSA) is 12.0 Å². The van der Waals surface area contributed by atoms with Gasteiger partial charge in [0.2, 0.25) is 0 Å². The molecule has 1 N–H and O–H groups in total. The first-order valence-corrected chi connectivity index (χ1v) is 6.66. The highest BCUT2D eigenvalue weighted by Crippen LogP contribution is 2.30. The van der Waals surface area contributed by atoms with E-state index in [1.165, 1.54) is 0 Å². The van der Waals surface area contributed by atoms with Gasteiger partial charge in [0.15, 0.2) is 0 Å². The van der Waals surface area contributed by atoms with E-state index in [4.69, 9.17) is 0 Å². The number of halogens is 3. The Labute approximate surface area is 104 Å². The zero-order valence-electron chi connectivity index (χ0n) is 10.1. The molecule has 1 unspecified atom stereocenters. The minimum Gasteiger partial charge on any atom is -0.310 e. The summed E-state index contributed by atoms with van der Waals surface area (Å²) < 4.78 is 36.3. The molecule has 0 radical (unpaired) electrons. The number of aryl methyl sites for hydroxylation is 1. The second-order valence-corrected chi connectivity index (χ2v) is 5.03. The molecule has 1 atom stereocenters. The fourth-order valence-corrected chi connectivity index (χ4v) is 2.86. The van der Waals surface area contributed by atoms with Crippen molar-refractivity contribution < 1.29 is 13.2 Å². The van der Waals surface area contributed by atoms with Gasteiger partial charge in [-0.05, 0) is 43.3 Å². The van der Waals surface area contributed by atoms with Gasteiger partial charge < -0.3 is 5.32 Å². The van der Waals surface area contributed by atoms with E-state index < -0.39 is 12.6 Å². The first-order valence-electron chi connectivity index (χ1n) is 5.78. The molecule has 1 aromatic heterocycles. The molecule has 1 nitrogen and oxygen atoms in total. The molecule has 1 rings (SSSR count). The predicted octanol–water partition coefficient (Wildman–Crippen LogP) is 4.44. The predicted molar refractivity (Wildman–Crippen MR) is 65.4 cm³/mol. The van der Waals surface area contributed by atoms with Gasteiger partial charge in [-0.3, -0.25) is 0 Å². The van der Waals surface area contributed by atoms with E-state index in [2.05, 4.69) is 5.32 Å². The van der Waals surface area contributed by atoms with Gasteiger partial charge in [0.1, 0.15) is 0 Å². The van der Waals surface area contributed by atoms with Crippen LogP contribution in [0.5, 0.6) is 0 Å². The van der Waals surface area contributed by atoms with E-state index in [9.17, 15) is 13.2 Å². The Hall–Kier alpha value is -0.550. The van der Waals surface area contributed by atoms with Crippen LogP contribution in [0.3, 0.4) is 0 Å². The molecule has 1 heterocycles. The van der Waals surface area contributed by atoms with Crippen molar-refractivity contribution in [2.45, 2.75) is 45.3 Å². The fourth-order valence-electron chi connectivity index (χ4n) is 1.82. The van der Waals surface area contributed by atoms with Gasteiger partial charge in [0.25, 0.3) is 0 Å². The first kappa shape index (κ1) is 14.5. The smallest absolute Gasteiger partial charge is 0.310 e. The van der Waals surface area contributed by atoms with Crippen molar-refractivity contribution in [2.75, 3.05) is 6.54 Å². The summed E-state index contributed by atoms with van der Waals surface area (Å²) >= 11 is 1.61. The molecular formula is C12H18F3NS. The Morgan fingerprint density at radius 1 is 1.41 bits per heavy atom. The minimum atomic E-state index is -4.04. The molecule has 0 fully saturated rings. The molecule has 5 heteroatoms. The minimum absolute atomic E-state index is 0.0577. The highest BCUT2D eigenvalue weighted by molar-refractivity contribution is 7.10. The second-order valence-electron chi connectivity index (χ2n) is 4.09. The van der Waals surface area contributed by atoms with Crippen LogP contribution in [0.25, 0.3) is 0 Å². The lowest BCUT2D eigenvalue weighted by atomic mass is 10.1. The van der Waals surface area contributed by atoms with Crippen LogP contribution in [-0.2, 0) is 0 Å². The molecule has 98 valence electrons. The number of hydrogen-bond donors (Lipinski definition) is 1. The van der Waals surface area contributed by atoms with Crippen LogP contribution in [-0.4, -0.2) is 12.7 Å². The van der Waals surface area contributed by atoms with Crippen molar-refractivity contribution in [1.82, 2.24) is 5.32 Å². The summed E-state index contributed by atoms with van der Waals surface area (Å²) in [6.07, 6.45) is -4.02. The summed E-state index contributed by atoms with van der Waals surface area (Å²) in [6, 6.07) is 2.07. The Morgan fingerprint density at radius 3 is 2.59 bits per heavy atom. The molecule has 0 saturated heterocycles. The van der Waals surface area contributed by atoms with Gasteiger partial charge in [0.05, 0.1) is 0 Å². The van der Waals surface area contributed by atoms with Gasteiger partial charge in [-0.15, -0.1) is 11.3 Å². The lowest BCUT2D eigenvalue weighted by Gasteiger charge is -2.18. The number of thiophene rings is 1. The molecule has 0 saturated carbocycles. The lowest BCUT2D eigenvalue weighted by Crippen LogP contribution is -2.21. The zero-order valence-corrected chi connectivity index (χ0v) is 10.9. The second kappa shape index (κ2) is 6.40. The Morgan fingerprint density at radius 2 is 2.12 bits per heavy atom. The molecule has 1 aromatic rings. The number of hydrogen-bond acceptors (Lipinski definition) is 2. The molecule has 0 aliphatic heterocycles. The van der Waals surface area contributed by atoms with Crippen molar-refractivity contribution in [2.24, 2.45) is 0 Å². The summed E-state index contributed by atoms with van der Waals surface area (Å²) in [7, 11) is 0. The molecule has 0 spiro atoms. The van der Waals surface area contributed by atoms with Crippen molar-refractivity contribution in [1.29, 1.82) is 0 Å². The van der Waals surface area contributed by atoms with Crippen LogP contribution in [0, 0.1) is 6.92 Å². The number of nitrogens with one attached hydrogen (secondary N) is 1. The van der Waals surface area contributed by atoms with Crippen LogP contribution in [0.1, 0.15) is 42.7 Å². The number of alkyl halides is 3. The fraction of sp³-hybridized carbons (Fsp3) is 0.667. The molecule has 0 bridgehead atoms. The molecule has 17 heavy (non-hydrogen) atoms. The Bertz CT molecular complexity index is 333. The lowest BCUT2D eigenvalue weighted by molar-refractivity contribution is -0.135. The summed E-state index contributed by atoms with van der Waals surface area (Å²) in [5.41, 5.74) is 1.16. The average Bonchev–Trinajstić information content (AvgIpc) is 2.61. The third kappa shape index (κ3) is 5.08. The maximum absolute atomic E-state index is 12.1. The highest BCUT2D eigenvalue weighted by Gasteiger charge is 2.27. The summed E-state index contributed by atoms with van der Waals surface area (Å²) in [5.74, 6) is 0. The monoisotopic (exact) mass is 265 g/mol.